The summed E-state index contributed by atoms with van der Waals surface area (Å²) in [5, 5.41) is 20.7. The smallest absolute Gasteiger partial charge is 0.273 e. The first-order chi connectivity index (χ1) is 8.51. The van der Waals surface area contributed by atoms with E-state index in [-0.39, 0.29) is 17.2 Å². The lowest BCUT2D eigenvalue weighted by Crippen LogP contribution is -2.11. The number of aromatic hydroxyl groups is 1. The maximum absolute atomic E-state index is 10.8. The molecule has 1 rings (SSSR count). The number of phenolic OH excluding ortho intramolecular Hbond substituents is 1. The van der Waals surface area contributed by atoms with E-state index < -0.39 is 11.0 Å². The monoisotopic (exact) mass is 252 g/mol. The molecule has 6 nitrogen and oxygen atoms in total. The van der Waals surface area contributed by atoms with Crippen LogP contribution in [0.25, 0.3) is 0 Å². The molecule has 1 atom stereocenters. The Labute approximate surface area is 105 Å². The Bertz CT molecular complexity index is 460. The summed E-state index contributed by atoms with van der Waals surface area (Å²) in [5.74, 6) is -0.104. The number of allylic oxidation sites excluding steroid dienone is 1. The molecule has 1 aromatic rings. The average Bonchev–Trinajstić information content (AvgIpc) is 2.35. The van der Waals surface area contributed by atoms with Gasteiger partial charge >= 0.3 is 0 Å². The Morgan fingerprint density at radius 3 is 2.83 bits per heavy atom. The van der Waals surface area contributed by atoms with Crippen LogP contribution < -0.4 is 10.5 Å². The Morgan fingerprint density at radius 1 is 1.67 bits per heavy atom. The second kappa shape index (κ2) is 6.02. The molecule has 0 saturated carbocycles. The van der Waals surface area contributed by atoms with Crippen LogP contribution in [0.1, 0.15) is 24.4 Å². The number of nitro groups is 1. The van der Waals surface area contributed by atoms with Crippen molar-refractivity contribution in [2.24, 2.45) is 5.73 Å². The summed E-state index contributed by atoms with van der Waals surface area (Å²) in [6, 6.07) is 1.93. The van der Waals surface area contributed by atoms with Crippen molar-refractivity contribution in [1.29, 1.82) is 0 Å². The number of phenols is 1. The van der Waals surface area contributed by atoms with Gasteiger partial charge in [-0.3, -0.25) is 10.1 Å². The van der Waals surface area contributed by atoms with Gasteiger partial charge in [-0.05, 0) is 12.8 Å². The van der Waals surface area contributed by atoms with Crippen LogP contribution in [0, 0.1) is 10.1 Å². The van der Waals surface area contributed by atoms with Crippen molar-refractivity contribution in [1.82, 2.24) is 0 Å². The number of hydrogen-bond donors (Lipinski definition) is 2. The second-order valence-corrected chi connectivity index (χ2v) is 3.82. The minimum atomic E-state index is -0.550. The quantitative estimate of drug-likeness (QED) is 0.459. The molecule has 18 heavy (non-hydrogen) atoms. The second-order valence-electron chi connectivity index (χ2n) is 3.82. The molecule has 6 heteroatoms. The van der Waals surface area contributed by atoms with E-state index in [1.54, 1.807) is 6.08 Å². The molecule has 0 spiro atoms. The van der Waals surface area contributed by atoms with Crippen molar-refractivity contribution in [3.8, 4) is 11.5 Å². The number of non-ortho nitro benzene ring substituents is 1. The predicted molar refractivity (Wildman–Crippen MR) is 67.7 cm³/mol. The highest BCUT2D eigenvalue weighted by Crippen LogP contribution is 2.38. The zero-order valence-electron chi connectivity index (χ0n) is 10.1. The van der Waals surface area contributed by atoms with Gasteiger partial charge in [-0.2, -0.15) is 0 Å². The molecular formula is C12H16N2O4. The maximum atomic E-state index is 10.8. The lowest BCUT2D eigenvalue weighted by Gasteiger charge is -2.14. The first-order valence-electron chi connectivity index (χ1n) is 5.43. The number of benzene rings is 1. The fourth-order valence-corrected chi connectivity index (χ4v) is 1.61. The SMILES string of the molecule is C=CCC[C@H](N)c1cc([N+](=O)[O-])cc(OC)c1O. The number of rotatable bonds is 6. The number of nitro benzene ring substituents is 1. The van der Waals surface area contributed by atoms with Gasteiger partial charge in [0.25, 0.3) is 5.69 Å². The summed E-state index contributed by atoms with van der Waals surface area (Å²) in [6.45, 7) is 3.58. The Balaban J connectivity index is 3.19. The molecule has 0 aliphatic heterocycles. The van der Waals surface area contributed by atoms with Gasteiger partial charge in [0.1, 0.15) is 0 Å². The van der Waals surface area contributed by atoms with Crippen LogP contribution in [0.4, 0.5) is 5.69 Å². The van der Waals surface area contributed by atoms with Crippen molar-refractivity contribution in [2.75, 3.05) is 7.11 Å². The molecule has 3 N–H and O–H groups in total. The van der Waals surface area contributed by atoms with Crippen molar-refractivity contribution in [3.05, 3.63) is 40.5 Å². The van der Waals surface area contributed by atoms with Crippen LogP contribution in [0.5, 0.6) is 11.5 Å². The van der Waals surface area contributed by atoms with Crippen LogP contribution in [0.15, 0.2) is 24.8 Å². The molecule has 1 aromatic carbocycles. The van der Waals surface area contributed by atoms with E-state index in [4.69, 9.17) is 10.5 Å². The van der Waals surface area contributed by atoms with Gasteiger partial charge in [0.05, 0.1) is 18.1 Å². The van der Waals surface area contributed by atoms with Crippen LogP contribution in [0.2, 0.25) is 0 Å². The van der Waals surface area contributed by atoms with E-state index >= 15 is 0 Å². The van der Waals surface area contributed by atoms with E-state index in [0.29, 0.717) is 18.4 Å². The van der Waals surface area contributed by atoms with E-state index in [9.17, 15) is 15.2 Å². The van der Waals surface area contributed by atoms with Gasteiger partial charge in [0.2, 0.25) is 0 Å². The van der Waals surface area contributed by atoms with Gasteiger partial charge in [-0.25, -0.2) is 0 Å². The maximum Gasteiger partial charge on any atom is 0.273 e. The van der Waals surface area contributed by atoms with E-state index in [2.05, 4.69) is 6.58 Å². The molecular weight excluding hydrogens is 236 g/mol. The van der Waals surface area contributed by atoms with Gasteiger partial charge in [-0.1, -0.05) is 6.08 Å². The summed E-state index contributed by atoms with van der Waals surface area (Å²) in [5.41, 5.74) is 6.04. The number of ether oxygens (including phenoxy) is 1. The fourth-order valence-electron chi connectivity index (χ4n) is 1.61. The summed E-state index contributed by atoms with van der Waals surface area (Å²) in [4.78, 5) is 10.2. The van der Waals surface area contributed by atoms with Crippen molar-refractivity contribution < 1.29 is 14.8 Å². The zero-order valence-corrected chi connectivity index (χ0v) is 10.1. The summed E-state index contributed by atoms with van der Waals surface area (Å²) in [7, 11) is 1.33. The minimum absolute atomic E-state index is 0.0493. The normalized spacial score (nSPS) is 11.9. The molecule has 0 aliphatic rings. The van der Waals surface area contributed by atoms with Gasteiger partial charge in [0, 0.05) is 17.7 Å². The average molecular weight is 252 g/mol. The van der Waals surface area contributed by atoms with E-state index in [0.717, 1.165) is 0 Å². The topological polar surface area (TPSA) is 98.6 Å². The standard InChI is InChI=1S/C12H16N2O4/c1-3-4-5-10(13)9-6-8(14(16)17)7-11(18-2)12(9)15/h3,6-7,10,15H,1,4-5,13H2,2H3/t10-/m0/s1. The Kier molecular flexibility index (Phi) is 4.67. The lowest BCUT2D eigenvalue weighted by atomic mass is 10.0. The third-order valence-corrected chi connectivity index (χ3v) is 2.60. The van der Waals surface area contributed by atoms with E-state index in [1.165, 1.54) is 19.2 Å². The van der Waals surface area contributed by atoms with Crippen LogP contribution >= 0.6 is 0 Å². The number of nitrogens with zero attached hydrogens (tertiary/aromatic N) is 1. The molecule has 0 bridgehead atoms. The van der Waals surface area contributed by atoms with Crippen molar-refractivity contribution in [2.45, 2.75) is 18.9 Å². The molecule has 0 amide bonds. The summed E-state index contributed by atoms with van der Waals surface area (Å²) >= 11 is 0. The number of nitrogens with two attached hydrogens (primary N) is 1. The third kappa shape index (κ3) is 2.98. The summed E-state index contributed by atoms with van der Waals surface area (Å²) < 4.78 is 4.90. The first-order valence-corrected chi connectivity index (χ1v) is 5.43. The molecule has 0 aromatic heterocycles. The molecule has 0 radical (unpaired) electrons. The van der Waals surface area contributed by atoms with Gasteiger partial charge in [-0.15, -0.1) is 6.58 Å². The highest BCUT2D eigenvalue weighted by molar-refractivity contribution is 5.54. The number of hydrogen-bond acceptors (Lipinski definition) is 5. The Hall–Kier alpha value is -2.08. The van der Waals surface area contributed by atoms with Crippen molar-refractivity contribution in [3.63, 3.8) is 0 Å². The van der Waals surface area contributed by atoms with Crippen LogP contribution in [-0.2, 0) is 0 Å². The minimum Gasteiger partial charge on any atom is -0.504 e. The van der Waals surface area contributed by atoms with E-state index in [1.807, 2.05) is 0 Å². The highest BCUT2D eigenvalue weighted by Gasteiger charge is 2.20. The Morgan fingerprint density at radius 2 is 2.33 bits per heavy atom. The zero-order chi connectivity index (χ0) is 13.7. The lowest BCUT2D eigenvalue weighted by molar-refractivity contribution is -0.385. The highest BCUT2D eigenvalue weighted by atomic mass is 16.6. The van der Waals surface area contributed by atoms with Gasteiger partial charge < -0.3 is 15.6 Å². The summed E-state index contributed by atoms with van der Waals surface area (Å²) in [6.07, 6.45) is 2.90. The predicted octanol–water partition coefficient (Wildman–Crippen LogP) is 2.28. The van der Waals surface area contributed by atoms with Crippen LogP contribution in [0.3, 0.4) is 0 Å². The van der Waals surface area contributed by atoms with Gasteiger partial charge in [0.15, 0.2) is 11.5 Å². The molecule has 0 heterocycles. The molecule has 0 saturated heterocycles. The number of methoxy groups -OCH3 is 1. The van der Waals surface area contributed by atoms with Crippen molar-refractivity contribution >= 4 is 5.69 Å². The van der Waals surface area contributed by atoms with Crippen LogP contribution in [-0.4, -0.2) is 17.1 Å². The molecule has 0 unspecified atom stereocenters. The third-order valence-electron chi connectivity index (χ3n) is 2.60. The molecule has 0 aliphatic carbocycles. The fraction of sp³-hybridized carbons (Fsp3) is 0.333. The largest absolute Gasteiger partial charge is 0.504 e. The first kappa shape index (κ1) is 14.0. The molecule has 0 fully saturated rings. The molecule has 98 valence electrons.